The average molecular weight is 566 g/mol. The number of methoxy groups -OCH3 is 1. The molecule has 210 valence electrons. The summed E-state index contributed by atoms with van der Waals surface area (Å²) in [5.74, 6) is 0.0403. The molecule has 0 atom stereocenters. The lowest BCUT2D eigenvalue weighted by Gasteiger charge is -2.11. The molecule has 0 spiro atoms. The molecule has 6 aromatic rings. The standard InChI is InChI=1S/C31H24FN5O5/c1-18-15-25(35-42-18)29-28(31(39)37(36(29)2)20-7-5-4-6-8-20)30(38)34-19-9-12-27(23(32)16-19)41-26-13-14-33-24-17-21(40-3)10-11-22(24)26/h4-17H,1-3H3,(H,34,38). The van der Waals surface area contributed by atoms with E-state index in [-0.39, 0.29) is 22.7 Å². The number of rotatable bonds is 7. The van der Waals surface area contributed by atoms with Crippen molar-refractivity contribution in [1.29, 1.82) is 0 Å². The molecule has 0 aliphatic carbocycles. The highest BCUT2D eigenvalue weighted by Gasteiger charge is 2.28. The first kappa shape index (κ1) is 26.5. The first-order valence-corrected chi connectivity index (χ1v) is 12.9. The minimum absolute atomic E-state index is 0.0544. The van der Waals surface area contributed by atoms with E-state index in [1.807, 2.05) is 6.07 Å². The van der Waals surface area contributed by atoms with Gasteiger partial charge in [-0.15, -0.1) is 0 Å². The lowest BCUT2D eigenvalue weighted by Crippen LogP contribution is -2.25. The molecule has 1 N–H and O–H groups in total. The van der Waals surface area contributed by atoms with Crippen molar-refractivity contribution in [2.75, 3.05) is 12.4 Å². The number of hydrogen-bond donors (Lipinski definition) is 1. The smallest absolute Gasteiger partial charge is 0.285 e. The highest BCUT2D eigenvalue weighted by molar-refractivity contribution is 6.08. The summed E-state index contributed by atoms with van der Waals surface area (Å²) in [5, 5.41) is 7.34. The van der Waals surface area contributed by atoms with Crippen LogP contribution in [0.5, 0.6) is 17.2 Å². The summed E-state index contributed by atoms with van der Waals surface area (Å²) in [5.41, 5.74) is 1.13. The Labute approximate surface area is 238 Å². The molecule has 3 aromatic heterocycles. The van der Waals surface area contributed by atoms with E-state index in [9.17, 15) is 9.59 Å². The van der Waals surface area contributed by atoms with Crippen LogP contribution in [0, 0.1) is 12.7 Å². The number of benzene rings is 3. The number of anilines is 1. The van der Waals surface area contributed by atoms with Crippen molar-refractivity contribution in [3.63, 3.8) is 0 Å². The Morgan fingerprint density at radius 3 is 2.52 bits per heavy atom. The van der Waals surface area contributed by atoms with Gasteiger partial charge in [0.25, 0.3) is 11.5 Å². The van der Waals surface area contributed by atoms with Gasteiger partial charge in [-0.3, -0.25) is 19.3 Å². The number of carbonyl (C=O) groups is 1. The Hall–Kier alpha value is -5.71. The van der Waals surface area contributed by atoms with Crippen LogP contribution >= 0.6 is 0 Å². The molecule has 10 nitrogen and oxygen atoms in total. The molecule has 0 fully saturated rings. The van der Waals surface area contributed by atoms with Gasteiger partial charge in [-0.25, -0.2) is 9.07 Å². The third-order valence-electron chi connectivity index (χ3n) is 6.68. The van der Waals surface area contributed by atoms with Gasteiger partial charge in [0.15, 0.2) is 11.6 Å². The van der Waals surface area contributed by atoms with E-state index in [2.05, 4.69) is 15.5 Å². The topological polar surface area (TPSA) is 113 Å². The number of halogens is 1. The summed E-state index contributed by atoms with van der Waals surface area (Å²) in [7, 11) is 3.21. The maximum absolute atomic E-state index is 15.2. The molecule has 0 aliphatic heterocycles. The molecule has 11 heteroatoms. The monoisotopic (exact) mass is 565 g/mol. The molecule has 3 aromatic carbocycles. The molecule has 0 saturated heterocycles. The first-order valence-electron chi connectivity index (χ1n) is 12.9. The van der Waals surface area contributed by atoms with E-state index in [1.54, 1.807) is 81.9 Å². The van der Waals surface area contributed by atoms with Crippen LogP contribution in [0.25, 0.3) is 28.0 Å². The third-order valence-corrected chi connectivity index (χ3v) is 6.68. The fraction of sp³-hybridized carbons (Fsp3) is 0.0968. The number of fused-ring (bicyclic) bond motifs is 1. The van der Waals surface area contributed by atoms with Gasteiger partial charge >= 0.3 is 0 Å². The Balaban J connectivity index is 1.32. The van der Waals surface area contributed by atoms with Crippen LogP contribution in [0.15, 0.2) is 94.4 Å². The van der Waals surface area contributed by atoms with E-state index in [0.29, 0.717) is 39.5 Å². The molecule has 0 radical (unpaired) electrons. The zero-order valence-corrected chi connectivity index (χ0v) is 22.8. The number of carbonyl (C=O) groups excluding carboxylic acids is 1. The van der Waals surface area contributed by atoms with Crippen molar-refractivity contribution in [2.45, 2.75) is 6.92 Å². The van der Waals surface area contributed by atoms with Crippen molar-refractivity contribution >= 4 is 22.5 Å². The molecule has 0 aliphatic rings. The normalized spacial score (nSPS) is 11.0. The summed E-state index contributed by atoms with van der Waals surface area (Å²) in [6.45, 7) is 1.71. The van der Waals surface area contributed by atoms with Crippen LogP contribution in [0.3, 0.4) is 0 Å². The maximum atomic E-state index is 15.2. The van der Waals surface area contributed by atoms with Gasteiger partial charge in [-0.05, 0) is 49.4 Å². The Morgan fingerprint density at radius 2 is 1.81 bits per heavy atom. The van der Waals surface area contributed by atoms with Crippen molar-refractivity contribution in [3.8, 4) is 34.3 Å². The van der Waals surface area contributed by atoms with Gasteiger partial charge in [-0.1, -0.05) is 23.4 Å². The maximum Gasteiger partial charge on any atom is 0.285 e. The van der Waals surface area contributed by atoms with E-state index in [0.717, 1.165) is 6.07 Å². The fourth-order valence-electron chi connectivity index (χ4n) is 4.73. The van der Waals surface area contributed by atoms with Crippen molar-refractivity contribution in [3.05, 3.63) is 113 Å². The van der Waals surface area contributed by atoms with E-state index in [1.165, 1.54) is 21.5 Å². The summed E-state index contributed by atoms with van der Waals surface area (Å²) in [4.78, 5) is 31.5. The lowest BCUT2D eigenvalue weighted by atomic mass is 10.1. The predicted octanol–water partition coefficient (Wildman–Crippen LogP) is 5.88. The molecule has 6 rings (SSSR count). The number of nitrogens with zero attached hydrogens (tertiary/aromatic N) is 4. The van der Waals surface area contributed by atoms with Gasteiger partial charge in [0.2, 0.25) is 0 Å². The average Bonchev–Trinajstić information content (AvgIpc) is 3.53. The van der Waals surface area contributed by atoms with Gasteiger partial charge in [0.05, 0.1) is 18.3 Å². The Bertz CT molecular complexity index is 2010. The van der Waals surface area contributed by atoms with E-state index in [4.69, 9.17) is 14.0 Å². The molecule has 0 unspecified atom stereocenters. The zero-order valence-electron chi connectivity index (χ0n) is 22.8. The summed E-state index contributed by atoms with van der Waals surface area (Å²) < 4.78 is 34.4. The second kappa shape index (κ2) is 10.7. The second-order valence-electron chi connectivity index (χ2n) is 9.42. The van der Waals surface area contributed by atoms with Gasteiger partial charge in [-0.2, -0.15) is 0 Å². The fourth-order valence-corrected chi connectivity index (χ4v) is 4.73. The minimum atomic E-state index is -0.733. The minimum Gasteiger partial charge on any atom is -0.497 e. The number of amides is 1. The number of aryl methyl sites for hydroxylation is 1. The van der Waals surface area contributed by atoms with Crippen LogP contribution in [-0.4, -0.2) is 32.5 Å². The SMILES string of the molecule is COc1ccc2c(Oc3ccc(NC(=O)c4c(-c5cc(C)on5)n(C)n(-c5ccccc5)c4=O)cc3F)ccnc2c1. The van der Waals surface area contributed by atoms with Crippen LogP contribution in [-0.2, 0) is 7.05 Å². The van der Waals surface area contributed by atoms with E-state index >= 15 is 4.39 Å². The van der Waals surface area contributed by atoms with Gasteiger partial charge < -0.3 is 19.3 Å². The third kappa shape index (κ3) is 4.77. The van der Waals surface area contributed by atoms with Crippen LogP contribution in [0.2, 0.25) is 0 Å². The summed E-state index contributed by atoms with van der Waals surface area (Å²) in [6, 6.07) is 21.4. The van der Waals surface area contributed by atoms with Crippen molar-refractivity contribution in [2.24, 2.45) is 7.05 Å². The van der Waals surface area contributed by atoms with Gasteiger partial charge in [0, 0.05) is 42.5 Å². The number of hydrogen-bond acceptors (Lipinski definition) is 7. The number of pyridine rings is 1. The zero-order chi connectivity index (χ0) is 29.4. The quantitative estimate of drug-likeness (QED) is 0.257. The Morgan fingerprint density at radius 1 is 1.00 bits per heavy atom. The molecular weight excluding hydrogens is 541 g/mol. The molecule has 42 heavy (non-hydrogen) atoms. The summed E-state index contributed by atoms with van der Waals surface area (Å²) >= 11 is 0. The highest BCUT2D eigenvalue weighted by Crippen LogP contribution is 2.33. The first-order chi connectivity index (χ1) is 20.3. The van der Waals surface area contributed by atoms with Crippen LogP contribution in [0.1, 0.15) is 16.1 Å². The molecule has 0 bridgehead atoms. The Kier molecular flexibility index (Phi) is 6.75. The predicted molar refractivity (Wildman–Crippen MR) is 154 cm³/mol. The number of para-hydroxylation sites is 1. The molecule has 0 saturated carbocycles. The van der Waals surface area contributed by atoms with Gasteiger partial charge in [0.1, 0.15) is 34.2 Å². The second-order valence-corrected chi connectivity index (χ2v) is 9.42. The largest absolute Gasteiger partial charge is 0.497 e. The van der Waals surface area contributed by atoms with Crippen LogP contribution in [0.4, 0.5) is 10.1 Å². The lowest BCUT2D eigenvalue weighted by molar-refractivity contribution is 0.102. The number of aromatic nitrogens is 4. The summed E-state index contributed by atoms with van der Waals surface area (Å²) in [6.07, 6.45) is 1.56. The van der Waals surface area contributed by atoms with Crippen molar-refractivity contribution in [1.82, 2.24) is 19.5 Å². The molecular formula is C31H24FN5O5. The molecule has 1 amide bonds. The number of nitrogens with one attached hydrogen (secondary N) is 1. The number of ether oxygens (including phenoxy) is 2. The van der Waals surface area contributed by atoms with Crippen molar-refractivity contribution < 1.29 is 23.2 Å². The van der Waals surface area contributed by atoms with E-state index < -0.39 is 17.3 Å². The highest BCUT2D eigenvalue weighted by atomic mass is 19.1. The van der Waals surface area contributed by atoms with Crippen LogP contribution < -0.4 is 20.3 Å². The molecule has 3 heterocycles.